The fraction of sp³-hybridized carbons (Fsp3) is 0.583. The maximum absolute atomic E-state index is 10.2. The standard InChI is InChI=1S/C12H20O/c1-3-5-6-7-9-12(4-2)10-8-11-13/h3,5,9,11H,4,6-8,10H2,1-2H3/b5-3-,12-9-. The molecule has 0 aromatic rings. The molecule has 0 heterocycles. The first kappa shape index (κ1) is 12.2. The highest BCUT2D eigenvalue weighted by atomic mass is 16.1. The first-order valence-corrected chi connectivity index (χ1v) is 5.07. The molecule has 0 atom stereocenters. The Balaban J connectivity index is 3.70. The van der Waals surface area contributed by atoms with E-state index < -0.39 is 0 Å². The number of carbonyl (C=O) groups is 1. The Morgan fingerprint density at radius 2 is 2.00 bits per heavy atom. The van der Waals surface area contributed by atoms with Gasteiger partial charge in [0, 0.05) is 6.42 Å². The van der Waals surface area contributed by atoms with Gasteiger partial charge in [-0.3, -0.25) is 0 Å². The third kappa shape index (κ3) is 7.51. The average molecular weight is 180 g/mol. The van der Waals surface area contributed by atoms with Crippen LogP contribution in [0.1, 0.15) is 46.0 Å². The molecule has 0 aliphatic heterocycles. The Labute approximate surface area is 81.5 Å². The molecular weight excluding hydrogens is 160 g/mol. The van der Waals surface area contributed by atoms with Crippen molar-refractivity contribution >= 4 is 6.29 Å². The third-order valence-electron chi connectivity index (χ3n) is 2.04. The Morgan fingerprint density at radius 3 is 2.54 bits per heavy atom. The van der Waals surface area contributed by atoms with Crippen molar-refractivity contribution in [1.29, 1.82) is 0 Å². The number of carbonyl (C=O) groups excluding carboxylic acids is 1. The van der Waals surface area contributed by atoms with E-state index in [-0.39, 0.29) is 0 Å². The maximum Gasteiger partial charge on any atom is 0.120 e. The number of aldehydes is 1. The molecule has 1 heteroatoms. The van der Waals surface area contributed by atoms with E-state index >= 15 is 0 Å². The predicted octanol–water partition coefficient (Wildman–Crippen LogP) is 3.66. The normalized spacial score (nSPS) is 12.3. The first-order valence-electron chi connectivity index (χ1n) is 5.07. The van der Waals surface area contributed by atoms with Gasteiger partial charge < -0.3 is 4.79 Å². The number of hydrogen-bond acceptors (Lipinski definition) is 1. The highest BCUT2D eigenvalue weighted by Gasteiger charge is 1.92. The summed E-state index contributed by atoms with van der Waals surface area (Å²) in [6, 6.07) is 0. The molecule has 13 heavy (non-hydrogen) atoms. The van der Waals surface area contributed by atoms with Crippen LogP contribution in [-0.4, -0.2) is 6.29 Å². The minimum atomic E-state index is 0.670. The second-order valence-corrected chi connectivity index (χ2v) is 3.07. The summed E-state index contributed by atoms with van der Waals surface area (Å²) >= 11 is 0. The van der Waals surface area contributed by atoms with E-state index in [1.54, 1.807) is 0 Å². The van der Waals surface area contributed by atoms with E-state index in [9.17, 15) is 4.79 Å². The van der Waals surface area contributed by atoms with Gasteiger partial charge in [-0.1, -0.05) is 30.7 Å². The van der Waals surface area contributed by atoms with E-state index in [1.807, 2.05) is 6.92 Å². The number of allylic oxidation sites excluding steroid dienone is 4. The van der Waals surface area contributed by atoms with Crippen LogP contribution in [0.2, 0.25) is 0 Å². The van der Waals surface area contributed by atoms with Gasteiger partial charge in [-0.15, -0.1) is 0 Å². The van der Waals surface area contributed by atoms with Crippen LogP contribution in [-0.2, 0) is 4.79 Å². The predicted molar refractivity (Wildman–Crippen MR) is 57.7 cm³/mol. The van der Waals surface area contributed by atoms with Crippen LogP contribution in [0.4, 0.5) is 0 Å². The van der Waals surface area contributed by atoms with E-state index in [4.69, 9.17) is 0 Å². The Bertz CT molecular complexity index is 178. The minimum absolute atomic E-state index is 0.670. The molecule has 0 aromatic heterocycles. The summed E-state index contributed by atoms with van der Waals surface area (Å²) in [6.07, 6.45) is 12.4. The van der Waals surface area contributed by atoms with Crippen molar-refractivity contribution < 1.29 is 4.79 Å². The molecule has 0 bridgehead atoms. The Morgan fingerprint density at radius 1 is 1.23 bits per heavy atom. The average Bonchev–Trinajstić information content (AvgIpc) is 2.17. The van der Waals surface area contributed by atoms with Crippen molar-refractivity contribution in [3.05, 3.63) is 23.8 Å². The monoisotopic (exact) mass is 180 g/mol. The molecule has 0 spiro atoms. The minimum Gasteiger partial charge on any atom is -0.303 e. The van der Waals surface area contributed by atoms with Crippen LogP contribution in [0.15, 0.2) is 23.8 Å². The second-order valence-electron chi connectivity index (χ2n) is 3.07. The van der Waals surface area contributed by atoms with Gasteiger partial charge in [0.15, 0.2) is 0 Å². The van der Waals surface area contributed by atoms with E-state index in [0.29, 0.717) is 6.42 Å². The van der Waals surface area contributed by atoms with Gasteiger partial charge in [0.25, 0.3) is 0 Å². The Hall–Kier alpha value is -0.850. The van der Waals surface area contributed by atoms with Crippen LogP contribution >= 0.6 is 0 Å². The van der Waals surface area contributed by atoms with Gasteiger partial charge in [-0.2, -0.15) is 0 Å². The number of rotatable bonds is 7. The quantitative estimate of drug-likeness (QED) is 0.332. The summed E-state index contributed by atoms with van der Waals surface area (Å²) in [5.41, 5.74) is 1.41. The van der Waals surface area contributed by atoms with Gasteiger partial charge in [-0.25, -0.2) is 0 Å². The molecule has 0 rings (SSSR count). The molecule has 74 valence electrons. The lowest BCUT2D eigenvalue weighted by molar-refractivity contribution is -0.107. The topological polar surface area (TPSA) is 17.1 Å². The largest absolute Gasteiger partial charge is 0.303 e. The smallest absolute Gasteiger partial charge is 0.120 e. The zero-order chi connectivity index (χ0) is 9.94. The summed E-state index contributed by atoms with van der Waals surface area (Å²) in [4.78, 5) is 10.2. The fourth-order valence-corrected chi connectivity index (χ4v) is 1.22. The van der Waals surface area contributed by atoms with Crippen molar-refractivity contribution in [1.82, 2.24) is 0 Å². The van der Waals surface area contributed by atoms with E-state index in [0.717, 1.165) is 32.0 Å². The van der Waals surface area contributed by atoms with Crippen molar-refractivity contribution in [2.75, 3.05) is 0 Å². The van der Waals surface area contributed by atoms with Crippen LogP contribution < -0.4 is 0 Å². The molecular formula is C12H20O. The molecule has 0 saturated heterocycles. The fourth-order valence-electron chi connectivity index (χ4n) is 1.22. The van der Waals surface area contributed by atoms with Crippen LogP contribution in [0.5, 0.6) is 0 Å². The van der Waals surface area contributed by atoms with Crippen molar-refractivity contribution in [2.24, 2.45) is 0 Å². The SMILES string of the molecule is C/C=C\CC/C=C(/CC)CCC=O. The summed E-state index contributed by atoms with van der Waals surface area (Å²) in [6.45, 7) is 4.18. The summed E-state index contributed by atoms with van der Waals surface area (Å²) in [5, 5.41) is 0. The third-order valence-corrected chi connectivity index (χ3v) is 2.04. The highest BCUT2D eigenvalue weighted by Crippen LogP contribution is 2.10. The number of hydrogen-bond donors (Lipinski definition) is 0. The van der Waals surface area contributed by atoms with Gasteiger partial charge >= 0.3 is 0 Å². The van der Waals surface area contributed by atoms with Gasteiger partial charge in [-0.05, 0) is 32.6 Å². The molecule has 0 aliphatic rings. The van der Waals surface area contributed by atoms with Gasteiger partial charge in [0.1, 0.15) is 6.29 Å². The van der Waals surface area contributed by atoms with Crippen LogP contribution in [0, 0.1) is 0 Å². The summed E-state index contributed by atoms with van der Waals surface area (Å²) < 4.78 is 0. The highest BCUT2D eigenvalue weighted by molar-refractivity contribution is 5.49. The molecule has 0 N–H and O–H groups in total. The zero-order valence-corrected chi connectivity index (χ0v) is 8.75. The molecule has 0 fully saturated rings. The van der Waals surface area contributed by atoms with Crippen molar-refractivity contribution in [3.63, 3.8) is 0 Å². The second kappa shape index (κ2) is 9.24. The molecule has 0 unspecified atom stereocenters. The lowest BCUT2D eigenvalue weighted by Crippen LogP contribution is -1.83. The summed E-state index contributed by atoms with van der Waals surface area (Å²) in [5.74, 6) is 0. The van der Waals surface area contributed by atoms with Gasteiger partial charge in [0.2, 0.25) is 0 Å². The van der Waals surface area contributed by atoms with Crippen molar-refractivity contribution in [2.45, 2.75) is 46.0 Å². The molecule has 0 saturated carbocycles. The van der Waals surface area contributed by atoms with E-state index in [2.05, 4.69) is 25.2 Å². The lowest BCUT2D eigenvalue weighted by atomic mass is 10.1. The molecule has 0 aliphatic carbocycles. The first-order chi connectivity index (χ1) is 6.35. The zero-order valence-electron chi connectivity index (χ0n) is 8.75. The maximum atomic E-state index is 10.2. The van der Waals surface area contributed by atoms with Crippen molar-refractivity contribution in [3.8, 4) is 0 Å². The molecule has 0 radical (unpaired) electrons. The number of unbranched alkanes of at least 4 members (excludes halogenated alkanes) is 1. The summed E-state index contributed by atoms with van der Waals surface area (Å²) in [7, 11) is 0. The Kier molecular flexibility index (Phi) is 8.64. The van der Waals surface area contributed by atoms with Crippen LogP contribution in [0.3, 0.4) is 0 Å². The lowest BCUT2D eigenvalue weighted by Gasteiger charge is -2.00. The molecule has 0 amide bonds. The van der Waals surface area contributed by atoms with E-state index in [1.165, 1.54) is 5.57 Å². The molecule has 1 nitrogen and oxygen atoms in total. The molecule has 0 aromatic carbocycles. The van der Waals surface area contributed by atoms with Crippen LogP contribution in [0.25, 0.3) is 0 Å². The van der Waals surface area contributed by atoms with Gasteiger partial charge in [0.05, 0.1) is 0 Å².